The summed E-state index contributed by atoms with van der Waals surface area (Å²) in [6.45, 7) is 28.9. The first-order valence-corrected chi connectivity index (χ1v) is 16.1. The third-order valence-corrected chi connectivity index (χ3v) is 15.8. The van der Waals surface area contributed by atoms with E-state index in [9.17, 15) is 0 Å². The van der Waals surface area contributed by atoms with Gasteiger partial charge < -0.3 is 0 Å². The van der Waals surface area contributed by atoms with E-state index in [4.69, 9.17) is 0 Å². The average molecular weight is 434 g/mol. The van der Waals surface area contributed by atoms with Crippen molar-refractivity contribution in [3.63, 3.8) is 0 Å². The summed E-state index contributed by atoms with van der Waals surface area (Å²) >= 11 is 0. The Morgan fingerprint density at radius 3 is 1.04 bits per heavy atom. The van der Waals surface area contributed by atoms with Crippen LogP contribution >= 0.6 is 14.4 Å². The fraction of sp³-hybridized carbons (Fsp3) is 0.923. The predicted octanol–water partition coefficient (Wildman–Crippen LogP) is 10.2. The third kappa shape index (κ3) is 16.3. The van der Waals surface area contributed by atoms with Crippen molar-refractivity contribution in [3.05, 3.63) is 0 Å². The molecule has 0 fully saturated rings. The van der Waals surface area contributed by atoms with E-state index in [1.165, 1.54) is 50.3 Å². The lowest BCUT2D eigenvalue weighted by atomic mass is 9.88. The standard InChI is InChI=1S/C12H27P2.2C7H16/c1-8-12(4,5)13(6)11-14(7,9-2)10-3;2*1-5-7(3,4)6-2/h6-11H2,1-5H3;2*5-6H2,1-4H3/q+1;;. The summed E-state index contributed by atoms with van der Waals surface area (Å²) in [5.41, 5.74) is 1.17. The molecule has 0 aromatic rings. The molecule has 0 aliphatic rings. The van der Waals surface area contributed by atoms with Crippen molar-refractivity contribution < 1.29 is 0 Å². The van der Waals surface area contributed by atoms with Crippen LogP contribution in [0, 0.1) is 10.8 Å². The van der Waals surface area contributed by atoms with Crippen molar-refractivity contribution in [2.45, 2.75) is 127 Å². The van der Waals surface area contributed by atoms with E-state index in [1.54, 1.807) is 0 Å². The summed E-state index contributed by atoms with van der Waals surface area (Å²) in [5.74, 6) is 1.33. The smallest absolute Gasteiger partial charge is 0.0969 e. The Hall–Kier alpha value is 0.470. The lowest BCUT2D eigenvalue weighted by Crippen LogP contribution is -2.14. The molecule has 0 amide bonds. The first-order chi connectivity index (χ1) is 12.6. The van der Waals surface area contributed by atoms with Gasteiger partial charge in [-0.3, -0.25) is 0 Å². The monoisotopic (exact) mass is 433 g/mol. The van der Waals surface area contributed by atoms with Gasteiger partial charge in [0.2, 0.25) is 0 Å². The topological polar surface area (TPSA) is 0 Å². The second kappa shape index (κ2) is 15.3. The molecular weight excluding hydrogens is 374 g/mol. The molecule has 1 atom stereocenters. The molecule has 0 rings (SSSR count). The molecule has 2 heteroatoms. The van der Waals surface area contributed by atoms with E-state index >= 15 is 0 Å². The van der Waals surface area contributed by atoms with Crippen LogP contribution in [0.4, 0.5) is 0 Å². The third-order valence-electron chi connectivity index (χ3n) is 7.36. The average Bonchev–Trinajstić information content (AvgIpc) is 2.68. The summed E-state index contributed by atoms with van der Waals surface area (Å²) in [6, 6.07) is 0. The Morgan fingerprint density at radius 1 is 0.607 bits per heavy atom. The highest BCUT2D eigenvalue weighted by atomic mass is 31.2. The molecule has 1 unspecified atom stereocenters. The fourth-order valence-corrected chi connectivity index (χ4v) is 8.62. The second-order valence-corrected chi connectivity index (χ2v) is 17.9. The molecule has 0 aliphatic carbocycles. The lowest BCUT2D eigenvalue weighted by molar-refractivity contribution is 0.338. The molecule has 0 aromatic heterocycles. The molecule has 172 valence electrons. The normalized spacial score (nSPS) is 13.1. The van der Waals surface area contributed by atoms with Crippen LogP contribution < -0.4 is 0 Å². The van der Waals surface area contributed by atoms with Crippen molar-refractivity contribution in [3.8, 4) is 0 Å². The minimum Gasteiger partial charge on any atom is -0.0969 e. The Labute approximate surface area is 183 Å². The maximum absolute atomic E-state index is 4.48. The Morgan fingerprint density at radius 2 is 0.893 bits per heavy atom. The van der Waals surface area contributed by atoms with Gasteiger partial charge in [0.05, 0.1) is 13.8 Å². The highest BCUT2D eigenvalue weighted by Gasteiger charge is 2.32. The van der Waals surface area contributed by atoms with E-state index in [0.29, 0.717) is 16.0 Å². The van der Waals surface area contributed by atoms with Crippen LogP contribution in [0.3, 0.4) is 0 Å². The summed E-state index contributed by atoms with van der Waals surface area (Å²) < 4.78 is 0. The van der Waals surface area contributed by atoms with Gasteiger partial charge in [-0.05, 0) is 43.4 Å². The molecule has 0 N–H and O–H groups in total. The molecule has 0 heterocycles. The maximum Gasteiger partial charge on any atom is 0.123 e. The van der Waals surface area contributed by atoms with E-state index in [1.807, 2.05) is 0 Å². The van der Waals surface area contributed by atoms with Gasteiger partial charge in [-0.25, -0.2) is 0 Å². The molecule has 0 saturated heterocycles. The van der Waals surface area contributed by atoms with Gasteiger partial charge in [0.1, 0.15) is 11.1 Å². The largest absolute Gasteiger partial charge is 0.123 e. The van der Waals surface area contributed by atoms with Crippen molar-refractivity contribution in [2.24, 2.45) is 10.8 Å². The van der Waals surface area contributed by atoms with Crippen LogP contribution in [0.1, 0.15) is 122 Å². The Bertz CT molecular complexity index is 405. The highest BCUT2D eigenvalue weighted by molar-refractivity contribution is 7.83. The number of rotatable bonds is 10. The number of hydrogen-bond acceptors (Lipinski definition) is 0. The molecule has 0 aromatic carbocycles. The van der Waals surface area contributed by atoms with Crippen LogP contribution in [0.5, 0.6) is 0 Å². The molecule has 0 spiro atoms. The van der Waals surface area contributed by atoms with E-state index in [0.717, 1.165) is 0 Å². The van der Waals surface area contributed by atoms with E-state index in [-0.39, 0.29) is 7.55 Å². The first kappa shape index (κ1) is 33.1. The van der Waals surface area contributed by atoms with Crippen molar-refractivity contribution >= 4 is 27.0 Å². The predicted molar refractivity (Wildman–Crippen MR) is 147 cm³/mol. The zero-order valence-electron chi connectivity index (χ0n) is 22.5. The molecule has 0 bridgehead atoms. The number of hydrogen-bond donors (Lipinski definition) is 0. The van der Waals surface area contributed by atoms with E-state index in [2.05, 4.69) is 103 Å². The summed E-state index contributed by atoms with van der Waals surface area (Å²) in [6.07, 6.45) is 17.9. The van der Waals surface area contributed by atoms with Gasteiger partial charge in [0.15, 0.2) is 0 Å². The van der Waals surface area contributed by atoms with Crippen molar-refractivity contribution in [1.29, 1.82) is 0 Å². The van der Waals surface area contributed by atoms with Gasteiger partial charge in [0.25, 0.3) is 0 Å². The van der Waals surface area contributed by atoms with Gasteiger partial charge >= 0.3 is 0 Å². The lowest BCUT2D eigenvalue weighted by Gasteiger charge is -2.22. The Balaban J connectivity index is -0.000000375. The first-order valence-electron chi connectivity index (χ1n) is 11.8. The molecule has 0 nitrogen and oxygen atoms in total. The van der Waals surface area contributed by atoms with Crippen LogP contribution in [0.2, 0.25) is 0 Å². The van der Waals surface area contributed by atoms with Crippen LogP contribution in [0.25, 0.3) is 0 Å². The molecule has 0 radical (unpaired) electrons. The zero-order chi connectivity index (χ0) is 23.2. The van der Waals surface area contributed by atoms with Crippen molar-refractivity contribution in [1.82, 2.24) is 0 Å². The van der Waals surface area contributed by atoms with E-state index < -0.39 is 6.89 Å². The van der Waals surface area contributed by atoms with Gasteiger partial charge in [0, 0.05) is 0 Å². The van der Waals surface area contributed by atoms with Crippen LogP contribution in [0.15, 0.2) is 0 Å². The summed E-state index contributed by atoms with van der Waals surface area (Å²) in [5, 5.41) is 0.447. The van der Waals surface area contributed by atoms with Gasteiger partial charge in [-0.2, -0.15) is 0 Å². The van der Waals surface area contributed by atoms with Gasteiger partial charge in [-0.1, -0.05) is 115 Å². The molecule has 0 aliphatic heterocycles. The fourth-order valence-electron chi connectivity index (χ4n) is 1.70. The maximum atomic E-state index is 4.48. The van der Waals surface area contributed by atoms with Crippen molar-refractivity contribution in [2.75, 3.05) is 18.2 Å². The minimum absolute atomic E-state index is 0.0867. The summed E-state index contributed by atoms with van der Waals surface area (Å²) in [7, 11) is -0.0867. The minimum atomic E-state index is -0.881. The SMILES string of the molecule is C=[P+](CP(=C)(CC)CC)C(C)(C)CC.CCC(C)(C)CC.CCC(C)(C)CC. The quantitative estimate of drug-likeness (QED) is 0.301. The Kier molecular flexibility index (Phi) is 18.1. The molecule has 0 saturated carbocycles. The summed E-state index contributed by atoms with van der Waals surface area (Å²) in [4.78, 5) is 0. The molecule has 28 heavy (non-hydrogen) atoms. The van der Waals surface area contributed by atoms with Crippen LogP contribution in [-0.4, -0.2) is 36.0 Å². The van der Waals surface area contributed by atoms with Gasteiger partial charge in [-0.15, -0.1) is 0 Å². The van der Waals surface area contributed by atoms with Crippen LogP contribution in [-0.2, 0) is 0 Å². The highest BCUT2D eigenvalue weighted by Crippen LogP contribution is 2.56. The second-order valence-electron chi connectivity index (χ2n) is 10.6. The zero-order valence-corrected chi connectivity index (χ0v) is 24.3. The molecular formula is C26H59P2+.